The highest BCUT2D eigenvalue weighted by Crippen LogP contribution is 1.96. The molecule has 0 aliphatic heterocycles. The maximum Gasteiger partial charge on any atom is 0.159 e. The lowest BCUT2D eigenvalue weighted by Gasteiger charge is -1.95. The number of nitrogens with zero attached hydrogens (tertiary/aromatic N) is 1. The largest absolute Gasteiger partial charge is 0.366 e. The van der Waals surface area contributed by atoms with Crippen LogP contribution < -0.4 is 5.32 Å². The SMILES string of the molecule is CSC(=S)N=CCNC(=S)S. The van der Waals surface area contributed by atoms with E-state index < -0.39 is 0 Å². The van der Waals surface area contributed by atoms with Gasteiger partial charge in [-0.3, -0.25) is 0 Å². The zero-order valence-electron chi connectivity index (χ0n) is 5.90. The topological polar surface area (TPSA) is 24.4 Å². The molecule has 0 aromatic heterocycles. The lowest BCUT2D eigenvalue weighted by Crippen LogP contribution is -2.18. The molecule has 0 atom stereocenters. The van der Waals surface area contributed by atoms with Crippen LogP contribution in [0.3, 0.4) is 0 Å². The molecule has 0 radical (unpaired) electrons. The summed E-state index contributed by atoms with van der Waals surface area (Å²) in [5.74, 6) is 0. The fourth-order valence-electron chi connectivity index (χ4n) is 0.306. The number of hydrogen-bond donors (Lipinski definition) is 2. The van der Waals surface area contributed by atoms with E-state index in [9.17, 15) is 0 Å². The van der Waals surface area contributed by atoms with E-state index in [0.29, 0.717) is 15.2 Å². The van der Waals surface area contributed by atoms with Crippen LogP contribution in [0.2, 0.25) is 0 Å². The maximum absolute atomic E-state index is 4.82. The summed E-state index contributed by atoms with van der Waals surface area (Å²) in [7, 11) is 0. The van der Waals surface area contributed by atoms with Crippen molar-refractivity contribution in [3.05, 3.63) is 0 Å². The second-order valence-electron chi connectivity index (χ2n) is 1.47. The molecule has 0 amide bonds. The maximum atomic E-state index is 4.82. The van der Waals surface area contributed by atoms with Gasteiger partial charge >= 0.3 is 0 Å². The molecule has 0 spiro atoms. The normalized spacial score (nSPS) is 10.0. The van der Waals surface area contributed by atoms with Gasteiger partial charge in [-0.2, -0.15) is 0 Å². The highest BCUT2D eigenvalue weighted by atomic mass is 32.2. The van der Waals surface area contributed by atoms with Gasteiger partial charge in [0, 0.05) is 6.21 Å². The van der Waals surface area contributed by atoms with E-state index >= 15 is 0 Å². The molecule has 1 N–H and O–H groups in total. The van der Waals surface area contributed by atoms with Crippen LogP contribution in [-0.4, -0.2) is 27.7 Å². The first-order chi connectivity index (χ1) is 5.16. The van der Waals surface area contributed by atoms with Crippen LogP contribution in [-0.2, 0) is 0 Å². The van der Waals surface area contributed by atoms with Crippen molar-refractivity contribution in [2.75, 3.05) is 12.8 Å². The van der Waals surface area contributed by atoms with E-state index in [1.807, 2.05) is 6.26 Å². The first-order valence-corrected chi connectivity index (χ1v) is 5.23. The minimum Gasteiger partial charge on any atom is -0.366 e. The molecule has 11 heavy (non-hydrogen) atoms. The third-order valence-corrected chi connectivity index (χ3v) is 2.08. The van der Waals surface area contributed by atoms with Crippen LogP contribution >= 0.6 is 48.8 Å². The van der Waals surface area contributed by atoms with E-state index in [1.165, 1.54) is 11.8 Å². The average Bonchev–Trinajstić information content (AvgIpc) is 1.97. The second kappa shape index (κ2) is 7.02. The van der Waals surface area contributed by atoms with Gasteiger partial charge in [-0.25, -0.2) is 4.99 Å². The van der Waals surface area contributed by atoms with E-state index in [4.69, 9.17) is 12.2 Å². The van der Waals surface area contributed by atoms with Crippen LogP contribution in [0.4, 0.5) is 0 Å². The Hall–Kier alpha value is 0.350. The summed E-state index contributed by atoms with van der Waals surface area (Å²) in [6, 6.07) is 0. The average molecular weight is 224 g/mol. The van der Waals surface area contributed by atoms with E-state index in [0.717, 1.165) is 0 Å². The van der Waals surface area contributed by atoms with Crippen molar-refractivity contribution in [3.8, 4) is 0 Å². The summed E-state index contributed by atoms with van der Waals surface area (Å²) < 4.78 is 1.09. The monoisotopic (exact) mass is 224 g/mol. The second-order valence-corrected chi connectivity index (χ2v) is 4.07. The third kappa shape index (κ3) is 8.25. The number of thiol groups is 1. The number of nitrogens with one attached hydrogen (secondary N) is 1. The molecule has 0 saturated carbocycles. The van der Waals surface area contributed by atoms with Crippen LogP contribution in [0.5, 0.6) is 0 Å². The molecule has 0 aliphatic carbocycles. The van der Waals surface area contributed by atoms with Gasteiger partial charge in [0.2, 0.25) is 0 Å². The Morgan fingerprint density at radius 2 is 2.36 bits per heavy atom. The molecule has 2 nitrogen and oxygen atoms in total. The Labute approximate surface area is 86.6 Å². The fraction of sp³-hybridized carbons (Fsp3) is 0.400. The Morgan fingerprint density at radius 1 is 1.73 bits per heavy atom. The minimum atomic E-state index is 0.464. The highest BCUT2D eigenvalue weighted by Gasteiger charge is 1.85. The van der Waals surface area contributed by atoms with Crippen LogP contribution in [0.15, 0.2) is 4.99 Å². The van der Waals surface area contributed by atoms with Gasteiger partial charge in [-0.15, -0.1) is 12.6 Å². The van der Waals surface area contributed by atoms with Gasteiger partial charge in [-0.1, -0.05) is 36.2 Å². The van der Waals surface area contributed by atoms with E-state index in [2.05, 4.69) is 35.2 Å². The lowest BCUT2D eigenvalue weighted by atomic mass is 10.7. The molecule has 0 aromatic rings. The van der Waals surface area contributed by atoms with Crippen LogP contribution in [0.1, 0.15) is 0 Å². The Bertz CT molecular complexity index is 177. The fourth-order valence-corrected chi connectivity index (χ4v) is 0.735. The third-order valence-electron chi connectivity index (χ3n) is 0.716. The summed E-state index contributed by atoms with van der Waals surface area (Å²) in [6.45, 7) is 0.572. The van der Waals surface area contributed by atoms with Gasteiger partial charge in [-0.05, 0) is 6.26 Å². The molecule has 0 heterocycles. The van der Waals surface area contributed by atoms with Crippen LogP contribution in [0, 0.1) is 0 Å². The van der Waals surface area contributed by atoms with Gasteiger partial charge in [0.1, 0.15) is 4.32 Å². The Kier molecular flexibility index (Phi) is 7.25. The van der Waals surface area contributed by atoms with E-state index in [1.54, 1.807) is 6.21 Å². The lowest BCUT2D eigenvalue weighted by molar-refractivity contribution is 1.14. The number of rotatable bonds is 2. The molecule has 0 unspecified atom stereocenters. The Balaban J connectivity index is 3.45. The molecule has 0 rings (SSSR count). The predicted octanol–water partition coefficient (Wildman–Crippen LogP) is 1.51. The smallest absolute Gasteiger partial charge is 0.159 e. The quantitative estimate of drug-likeness (QED) is 0.422. The molecular weight excluding hydrogens is 216 g/mol. The first-order valence-electron chi connectivity index (χ1n) is 2.74. The number of thioether (sulfide) groups is 1. The van der Waals surface area contributed by atoms with Crippen molar-refractivity contribution in [1.82, 2.24) is 5.32 Å². The summed E-state index contributed by atoms with van der Waals surface area (Å²) in [6.07, 6.45) is 3.55. The highest BCUT2D eigenvalue weighted by molar-refractivity contribution is 8.22. The van der Waals surface area contributed by atoms with Crippen molar-refractivity contribution in [3.63, 3.8) is 0 Å². The first kappa shape index (κ1) is 11.4. The van der Waals surface area contributed by atoms with Crippen molar-refractivity contribution < 1.29 is 0 Å². The molecule has 62 valence electrons. The zero-order chi connectivity index (χ0) is 8.69. The molecule has 0 bridgehead atoms. The van der Waals surface area contributed by atoms with Gasteiger partial charge in [0.15, 0.2) is 4.32 Å². The minimum absolute atomic E-state index is 0.464. The number of hydrogen-bond acceptors (Lipinski definition) is 3. The van der Waals surface area contributed by atoms with Crippen molar-refractivity contribution in [2.45, 2.75) is 0 Å². The van der Waals surface area contributed by atoms with Crippen molar-refractivity contribution in [1.29, 1.82) is 0 Å². The zero-order valence-corrected chi connectivity index (χ0v) is 9.25. The summed E-state index contributed by atoms with van der Waals surface area (Å²) >= 11 is 14.8. The number of aliphatic imine (C=N–C) groups is 1. The van der Waals surface area contributed by atoms with Crippen LogP contribution in [0.25, 0.3) is 0 Å². The molecule has 0 saturated heterocycles. The molecule has 0 fully saturated rings. The predicted molar refractivity (Wildman–Crippen MR) is 64.2 cm³/mol. The Morgan fingerprint density at radius 3 is 2.82 bits per heavy atom. The van der Waals surface area contributed by atoms with Crippen molar-refractivity contribution >= 4 is 63.7 Å². The van der Waals surface area contributed by atoms with Gasteiger partial charge < -0.3 is 5.32 Å². The summed E-state index contributed by atoms with van der Waals surface area (Å²) in [5.41, 5.74) is 0. The molecule has 6 heteroatoms. The molecule has 0 aliphatic rings. The number of thiocarbonyl (C=S) groups is 2. The van der Waals surface area contributed by atoms with Crippen molar-refractivity contribution in [2.24, 2.45) is 4.99 Å². The summed E-state index contributed by atoms with van der Waals surface area (Å²) in [4.78, 5) is 3.93. The van der Waals surface area contributed by atoms with Gasteiger partial charge in [0.25, 0.3) is 0 Å². The summed E-state index contributed by atoms with van der Waals surface area (Å²) in [5, 5.41) is 2.80. The molecular formula is C5H8N2S4. The standard InChI is InChI=1S/C5H8N2S4/c1-11-5(10)7-3-2-6-4(8)9/h3H,2H2,1H3,(H2,6,8,9). The van der Waals surface area contributed by atoms with Gasteiger partial charge in [0.05, 0.1) is 6.54 Å². The molecule has 0 aromatic carbocycles. The van der Waals surface area contributed by atoms with E-state index in [-0.39, 0.29) is 0 Å².